The summed E-state index contributed by atoms with van der Waals surface area (Å²) in [5.41, 5.74) is 3.58. The van der Waals surface area contributed by atoms with Gasteiger partial charge >= 0.3 is 0 Å². The quantitative estimate of drug-likeness (QED) is 0.196. The number of carbonyl (C=O) groups is 1. The molecule has 1 aliphatic heterocycles. The van der Waals surface area contributed by atoms with E-state index in [1.54, 1.807) is 14.2 Å². The molecule has 1 saturated heterocycles. The van der Waals surface area contributed by atoms with E-state index in [0.717, 1.165) is 54.5 Å². The van der Waals surface area contributed by atoms with Gasteiger partial charge in [-0.3, -0.25) is 19.3 Å². The van der Waals surface area contributed by atoms with Gasteiger partial charge in [-0.2, -0.15) is 13.5 Å². The molecule has 11 nitrogen and oxygen atoms in total. The second-order valence-electron chi connectivity index (χ2n) is 10.8. The number of nitrogens with one attached hydrogen (secondary N) is 2. The van der Waals surface area contributed by atoms with E-state index in [1.807, 2.05) is 48.5 Å². The van der Waals surface area contributed by atoms with Crippen LogP contribution in [0.4, 0.5) is 11.5 Å². The van der Waals surface area contributed by atoms with Gasteiger partial charge in [-0.1, -0.05) is 0 Å². The van der Waals surface area contributed by atoms with Crippen molar-refractivity contribution in [2.24, 2.45) is 0 Å². The van der Waals surface area contributed by atoms with Gasteiger partial charge in [-0.05, 0) is 88.0 Å². The second kappa shape index (κ2) is 14.0. The summed E-state index contributed by atoms with van der Waals surface area (Å²) in [7, 11) is -0.655. The maximum Gasteiger partial charge on any atom is 0.264 e. The molecule has 42 heavy (non-hydrogen) atoms. The zero-order chi connectivity index (χ0) is 30.3. The molecule has 0 aliphatic carbocycles. The number of methoxy groups -OCH3 is 2. The molecule has 4 rings (SSSR count). The molecular formula is C30H41N5O6S. The first-order chi connectivity index (χ1) is 20.0. The van der Waals surface area contributed by atoms with Crippen molar-refractivity contribution in [2.75, 3.05) is 49.8 Å². The monoisotopic (exact) mass is 599 g/mol. The minimum atomic E-state index is -3.91. The number of amides is 1. The number of H-pyrrole nitrogens is 1. The Balaban J connectivity index is 1.27. The highest BCUT2D eigenvalue weighted by Gasteiger charge is 2.29. The normalized spacial score (nSPS) is 17.7. The standard InChI is InChI=1S/C30H41N5O6S/c1-21-19-34(20-22(2)35(21)13-5-6-14-42(37,38)39)26-11-8-24(9-12-26)30(36)31-29-17-25(32-33-29)10-7-23-15-27(40-3)18-28(16-23)41-4/h8-9,11-12,15-18,21-22H,5-7,10,13-14,19-20H2,1-4H3,(H,37,38,39)(H2,31,32,33,36)/t21-,22+. The number of aromatic amines is 1. The maximum absolute atomic E-state index is 12.9. The van der Waals surface area contributed by atoms with Gasteiger partial charge in [-0.15, -0.1) is 0 Å². The van der Waals surface area contributed by atoms with Crippen LogP contribution in [0.1, 0.15) is 48.3 Å². The first-order valence-corrected chi connectivity index (χ1v) is 15.8. The number of piperazine rings is 1. The van der Waals surface area contributed by atoms with Crippen LogP contribution in [0.25, 0.3) is 0 Å². The van der Waals surface area contributed by atoms with Gasteiger partial charge in [0.25, 0.3) is 16.0 Å². The Bertz CT molecular complexity index is 1410. The number of anilines is 2. The minimum absolute atomic E-state index is 0.197. The SMILES string of the molecule is COc1cc(CCc2cc(NC(=O)c3ccc(N4C[C@@H](C)N(CCCCS(=O)(=O)O)[C@@H](C)C4)cc3)n[nH]2)cc(OC)c1. The third kappa shape index (κ3) is 8.70. The summed E-state index contributed by atoms with van der Waals surface area (Å²) in [5.74, 6) is 1.53. The van der Waals surface area contributed by atoms with E-state index < -0.39 is 10.1 Å². The van der Waals surface area contributed by atoms with Crippen LogP contribution in [0.15, 0.2) is 48.5 Å². The molecule has 228 valence electrons. The highest BCUT2D eigenvalue weighted by atomic mass is 32.2. The molecule has 1 aromatic heterocycles. The highest BCUT2D eigenvalue weighted by molar-refractivity contribution is 7.85. The third-order valence-electron chi connectivity index (χ3n) is 7.63. The summed E-state index contributed by atoms with van der Waals surface area (Å²) in [6.07, 6.45) is 2.63. The zero-order valence-corrected chi connectivity index (χ0v) is 25.5. The van der Waals surface area contributed by atoms with Crippen LogP contribution in [-0.2, 0) is 23.0 Å². The Morgan fingerprint density at radius 2 is 1.64 bits per heavy atom. The Labute approximate surface area is 247 Å². The summed E-state index contributed by atoms with van der Waals surface area (Å²) in [6, 6.07) is 15.8. The van der Waals surface area contributed by atoms with E-state index in [4.69, 9.17) is 14.0 Å². The van der Waals surface area contributed by atoms with Crippen LogP contribution in [-0.4, -0.2) is 85.7 Å². The van der Waals surface area contributed by atoms with Gasteiger partial charge in [0.05, 0.1) is 20.0 Å². The number of ether oxygens (including phenoxy) is 2. The largest absolute Gasteiger partial charge is 0.497 e. The fourth-order valence-corrected chi connectivity index (χ4v) is 6.01. The number of hydrogen-bond donors (Lipinski definition) is 3. The van der Waals surface area contributed by atoms with Crippen molar-refractivity contribution in [3.05, 3.63) is 65.4 Å². The van der Waals surface area contributed by atoms with Crippen molar-refractivity contribution in [2.45, 2.75) is 51.6 Å². The topological polar surface area (TPSA) is 137 Å². The molecule has 3 N–H and O–H groups in total. The van der Waals surface area contributed by atoms with Gasteiger partial charge in [-0.25, -0.2) is 0 Å². The van der Waals surface area contributed by atoms with Crippen LogP contribution in [0.5, 0.6) is 11.5 Å². The predicted molar refractivity (Wildman–Crippen MR) is 163 cm³/mol. The van der Waals surface area contributed by atoms with Crippen molar-refractivity contribution in [1.29, 1.82) is 0 Å². The molecule has 1 fully saturated rings. The van der Waals surface area contributed by atoms with Crippen LogP contribution in [0, 0.1) is 0 Å². The molecule has 3 aromatic rings. The molecule has 2 aromatic carbocycles. The number of unbranched alkanes of at least 4 members (excludes halogenated alkanes) is 1. The van der Waals surface area contributed by atoms with Crippen LogP contribution in [0.2, 0.25) is 0 Å². The lowest BCUT2D eigenvalue weighted by atomic mass is 10.1. The summed E-state index contributed by atoms with van der Waals surface area (Å²) in [6.45, 7) is 6.77. The van der Waals surface area contributed by atoms with Crippen molar-refractivity contribution in [3.63, 3.8) is 0 Å². The minimum Gasteiger partial charge on any atom is -0.497 e. The highest BCUT2D eigenvalue weighted by Crippen LogP contribution is 2.25. The van der Waals surface area contributed by atoms with Gasteiger partial charge in [0.15, 0.2) is 5.82 Å². The second-order valence-corrected chi connectivity index (χ2v) is 12.4. The Morgan fingerprint density at radius 1 is 1.00 bits per heavy atom. The number of aryl methyl sites for hydroxylation is 2. The molecule has 12 heteroatoms. The first kappa shape index (κ1) is 31.3. The van der Waals surface area contributed by atoms with Crippen LogP contribution < -0.4 is 19.7 Å². The molecule has 0 unspecified atom stereocenters. The third-order valence-corrected chi connectivity index (χ3v) is 8.44. The Morgan fingerprint density at radius 3 is 2.24 bits per heavy atom. The van der Waals surface area contributed by atoms with E-state index >= 15 is 0 Å². The van der Waals surface area contributed by atoms with Crippen molar-refractivity contribution < 1.29 is 27.2 Å². The number of carbonyl (C=O) groups excluding carboxylic acids is 1. The number of hydrogen-bond acceptors (Lipinski definition) is 8. The Kier molecular flexibility index (Phi) is 10.5. The average molecular weight is 600 g/mol. The first-order valence-electron chi connectivity index (χ1n) is 14.2. The molecule has 2 heterocycles. The number of nitrogens with zero attached hydrogens (tertiary/aromatic N) is 3. The van der Waals surface area contributed by atoms with Gasteiger partial charge < -0.3 is 19.7 Å². The Hall–Kier alpha value is -3.61. The van der Waals surface area contributed by atoms with Crippen molar-refractivity contribution in [1.82, 2.24) is 15.1 Å². The van der Waals surface area contributed by atoms with E-state index in [1.165, 1.54) is 0 Å². The van der Waals surface area contributed by atoms with Gasteiger partial charge in [0, 0.05) is 54.3 Å². The number of aromatic nitrogens is 2. The average Bonchev–Trinajstić information content (AvgIpc) is 3.41. The molecule has 2 atom stereocenters. The van der Waals surface area contributed by atoms with Gasteiger partial charge in [0.2, 0.25) is 0 Å². The smallest absolute Gasteiger partial charge is 0.264 e. The number of rotatable bonds is 13. The fraction of sp³-hybridized carbons (Fsp3) is 0.467. The summed E-state index contributed by atoms with van der Waals surface area (Å²) in [4.78, 5) is 17.6. The molecule has 0 spiro atoms. The van der Waals surface area contributed by atoms with E-state index in [2.05, 4.69) is 39.2 Å². The van der Waals surface area contributed by atoms with E-state index in [-0.39, 0.29) is 23.7 Å². The predicted octanol–water partition coefficient (Wildman–Crippen LogP) is 4.03. The van der Waals surface area contributed by atoms with Crippen molar-refractivity contribution >= 4 is 27.5 Å². The molecule has 0 saturated carbocycles. The van der Waals surface area contributed by atoms with Crippen LogP contribution in [0.3, 0.4) is 0 Å². The van der Waals surface area contributed by atoms with Crippen molar-refractivity contribution in [3.8, 4) is 11.5 Å². The zero-order valence-electron chi connectivity index (χ0n) is 24.7. The lowest BCUT2D eigenvalue weighted by Gasteiger charge is -2.45. The van der Waals surface area contributed by atoms with E-state index in [0.29, 0.717) is 30.6 Å². The summed E-state index contributed by atoms with van der Waals surface area (Å²) >= 11 is 0. The summed E-state index contributed by atoms with van der Waals surface area (Å²) in [5, 5.41) is 10.1. The summed E-state index contributed by atoms with van der Waals surface area (Å²) < 4.78 is 41.6. The van der Waals surface area contributed by atoms with E-state index in [9.17, 15) is 13.2 Å². The van der Waals surface area contributed by atoms with Crippen LogP contribution >= 0.6 is 0 Å². The lowest BCUT2D eigenvalue weighted by molar-refractivity contribution is 0.102. The van der Waals surface area contributed by atoms with Gasteiger partial charge in [0.1, 0.15) is 11.5 Å². The maximum atomic E-state index is 12.9. The molecular weight excluding hydrogens is 558 g/mol. The molecule has 0 bridgehead atoms. The molecule has 0 radical (unpaired) electrons. The fourth-order valence-electron chi connectivity index (χ4n) is 5.44. The lowest BCUT2D eigenvalue weighted by Crippen LogP contribution is -2.57. The number of benzene rings is 2. The molecule has 1 amide bonds. The molecule has 1 aliphatic rings.